The first kappa shape index (κ1) is 21.0. The maximum Gasteiger partial charge on any atom is 0.121 e. The lowest BCUT2D eigenvalue weighted by Gasteiger charge is -2.19. The van der Waals surface area contributed by atoms with E-state index in [0.717, 1.165) is 46.6 Å². The van der Waals surface area contributed by atoms with Gasteiger partial charge in [0.25, 0.3) is 0 Å². The van der Waals surface area contributed by atoms with Crippen molar-refractivity contribution in [1.82, 2.24) is 15.3 Å². The summed E-state index contributed by atoms with van der Waals surface area (Å²) in [7, 11) is 1.68. The number of hydrogen-bond donors (Lipinski definition) is 1. The van der Waals surface area contributed by atoms with E-state index < -0.39 is 0 Å². The van der Waals surface area contributed by atoms with Gasteiger partial charge in [-0.25, -0.2) is 4.98 Å². The van der Waals surface area contributed by atoms with Gasteiger partial charge in [-0.2, -0.15) is 0 Å². The third-order valence-corrected chi connectivity index (χ3v) is 5.52. The van der Waals surface area contributed by atoms with Gasteiger partial charge in [-0.05, 0) is 52.4 Å². The molecular weight excluding hydrogens is 382 g/mol. The van der Waals surface area contributed by atoms with Crippen LogP contribution in [-0.2, 0) is 18.5 Å². The van der Waals surface area contributed by atoms with Crippen LogP contribution in [0, 0.1) is 0 Å². The van der Waals surface area contributed by atoms with Gasteiger partial charge >= 0.3 is 0 Å². The SMILES string of the molecule is COc1ccc2cc(CNCc3ccc(C(C)(C)C)cc3)c(-c3ccncc3)nc2c1. The highest BCUT2D eigenvalue weighted by atomic mass is 16.5. The molecule has 0 fully saturated rings. The van der Waals surface area contributed by atoms with Crippen LogP contribution in [0.25, 0.3) is 22.2 Å². The Morgan fingerprint density at radius 3 is 2.29 bits per heavy atom. The first-order chi connectivity index (χ1) is 14.9. The second-order valence-electron chi connectivity index (χ2n) is 8.84. The summed E-state index contributed by atoms with van der Waals surface area (Å²) in [5.74, 6) is 0.810. The summed E-state index contributed by atoms with van der Waals surface area (Å²) in [6.45, 7) is 8.25. The van der Waals surface area contributed by atoms with Crippen molar-refractivity contribution in [3.63, 3.8) is 0 Å². The molecular formula is C27H29N3O. The average Bonchev–Trinajstić information content (AvgIpc) is 2.78. The predicted octanol–water partition coefficient (Wildman–Crippen LogP) is 5.89. The molecule has 2 aromatic carbocycles. The molecule has 0 aliphatic carbocycles. The third kappa shape index (κ3) is 4.92. The van der Waals surface area contributed by atoms with E-state index in [1.807, 2.05) is 24.3 Å². The maximum atomic E-state index is 5.38. The molecule has 31 heavy (non-hydrogen) atoms. The van der Waals surface area contributed by atoms with Crippen LogP contribution in [0.5, 0.6) is 5.75 Å². The third-order valence-electron chi connectivity index (χ3n) is 5.52. The van der Waals surface area contributed by atoms with Gasteiger partial charge < -0.3 is 10.1 Å². The van der Waals surface area contributed by atoms with Crippen molar-refractivity contribution in [3.05, 3.63) is 89.7 Å². The Morgan fingerprint density at radius 1 is 0.871 bits per heavy atom. The van der Waals surface area contributed by atoms with Crippen molar-refractivity contribution >= 4 is 10.9 Å². The summed E-state index contributed by atoms with van der Waals surface area (Å²) in [5.41, 5.74) is 6.92. The molecule has 0 spiro atoms. The molecule has 4 rings (SSSR count). The molecule has 2 heterocycles. The van der Waals surface area contributed by atoms with Gasteiger partial charge in [-0.3, -0.25) is 4.98 Å². The highest BCUT2D eigenvalue weighted by Crippen LogP contribution is 2.28. The zero-order chi connectivity index (χ0) is 21.8. The minimum absolute atomic E-state index is 0.171. The van der Waals surface area contributed by atoms with Crippen molar-refractivity contribution in [2.24, 2.45) is 0 Å². The Labute approximate surface area is 184 Å². The van der Waals surface area contributed by atoms with Gasteiger partial charge in [0, 0.05) is 42.5 Å². The lowest BCUT2D eigenvalue weighted by Crippen LogP contribution is -2.15. The zero-order valence-corrected chi connectivity index (χ0v) is 18.6. The van der Waals surface area contributed by atoms with Crippen LogP contribution in [0.2, 0.25) is 0 Å². The monoisotopic (exact) mass is 411 g/mol. The smallest absolute Gasteiger partial charge is 0.121 e. The molecule has 158 valence electrons. The summed E-state index contributed by atoms with van der Waals surface area (Å²) in [5, 5.41) is 4.70. The van der Waals surface area contributed by atoms with Crippen molar-refractivity contribution < 1.29 is 4.74 Å². The Bertz CT molecular complexity index is 1160. The fourth-order valence-electron chi connectivity index (χ4n) is 3.68. The van der Waals surface area contributed by atoms with Gasteiger partial charge in [0.1, 0.15) is 5.75 Å². The van der Waals surface area contributed by atoms with E-state index in [-0.39, 0.29) is 5.41 Å². The summed E-state index contributed by atoms with van der Waals surface area (Å²) < 4.78 is 5.38. The van der Waals surface area contributed by atoms with Gasteiger partial charge in [-0.1, -0.05) is 45.0 Å². The van der Waals surface area contributed by atoms with Crippen molar-refractivity contribution in [3.8, 4) is 17.0 Å². The number of methoxy groups -OCH3 is 1. The quantitative estimate of drug-likeness (QED) is 0.430. The topological polar surface area (TPSA) is 47.0 Å². The molecule has 0 bridgehead atoms. The fraction of sp³-hybridized carbons (Fsp3) is 0.259. The molecule has 0 radical (unpaired) electrons. The van der Waals surface area contributed by atoms with Crippen LogP contribution < -0.4 is 10.1 Å². The van der Waals surface area contributed by atoms with E-state index >= 15 is 0 Å². The lowest BCUT2D eigenvalue weighted by molar-refractivity contribution is 0.415. The number of pyridine rings is 2. The van der Waals surface area contributed by atoms with E-state index in [2.05, 4.69) is 67.5 Å². The zero-order valence-electron chi connectivity index (χ0n) is 18.6. The fourth-order valence-corrected chi connectivity index (χ4v) is 3.68. The van der Waals surface area contributed by atoms with E-state index in [4.69, 9.17) is 9.72 Å². The Kier molecular flexibility index (Phi) is 6.01. The molecule has 2 aromatic heterocycles. The highest BCUT2D eigenvalue weighted by Gasteiger charge is 2.13. The van der Waals surface area contributed by atoms with Gasteiger partial charge in [0.15, 0.2) is 0 Å². The number of fused-ring (bicyclic) bond motifs is 1. The van der Waals surface area contributed by atoms with Crippen LogP contribution in [0.1, 0.15) is 37.5 Å². The van der Waals surface area contributed by atoms with E-state index in [9.17, 15) is 0 Å². The van der Waals surface area contributed by atoms with E-state index in [0.29, 0.717) is 0 Å². The van der Waals surface area contributed by atoms with E-state index in [1.165, 1.54) is 11.1 Å². The molecule has 0 aliphatic rings. The molecule has 4 aromatic rings. The van der Waals surface area contributed by atoms with Crippen molar-refractivity contribution in [1.29, 1.82) is 0 Å². The van der Waals surface area contributed by atoms with Gasteiger partial charge in [-0.15, -0.1) is 0 Å². The highest BCUT2D eigenvalue weighted by molar-refractivity contribution is 5.84. The second-order valence-corrected chi connectivity index (χ2v) is 8.84. The van der Waals surface area contributed by atoms with Crippen molar-refractivity contribution in [2.45, 2.75) is 39.3 Å². The van der Waals surface area contributed by atoms with Gasteiger partial charge in [0.05, 0.1) is 18.3 Å². The summed E-state index contributed by atoms with van der Waals surface area (Å²) in [6, 6.07) is 21.1. The van der Waals surface area contributed by atoms with Crippen LogP contribution in [0.3, 0.4) is 0 Å². The molecule has 0 unspecified atom stereocenters. The van der Waals surface area contributed by atoms with Crippen LogP contribution in [0.4, 0.5) is 0 Å². The Hall–Kier alpha value is -3.24. The maximum absolute atomic E-state index is 5.38. The number of nitrogens with one attached hydrogen (secondary N) is 1. The molecule has 0 atom stereocenters. The van der Waals surface area contributed by atoms with E-state index in [1.54, 1.807) is 19.5 Å². The number of rotatable bonds is 6. The molecule has 1 N–H and O–H groups in total. The summed E-state index contributed by atoms with van der Waals surface area (Å²) >= 11 is 0. The first-order valence-corrected chi connectivity index (χ1v) is 10.6. The Balaban J connectivity index is 1.58. The number of aromatic nitrogens is 2. The molecule has 0 saturated carbocycles. The lowest BCUT2D eigenvalue weighted by atomic mass is 9.87. The molecule has 0 saturated heterocycles. The minimum atomic E-state index is 0.171. The number of nitrogens with zero attached hydrogens (tertiary/aromatic N) is 2. The van der Waals surface area contributed by atoms with Crippen LogP contribution in [-0.4, -0.2) is 17.1 Å². The number of benzene rings is 2. The Morgan fingerprint density at radius 2 is 1.61 bits per heavy atom. The number of ether oxygens (including phenoxy) is 1. The molecule has 0 amide bonds. The predicted molar refractivity (Wildman–Crippen MR) is 127 cm³/mol. The average molecular weight is 412 g/mol. The van der Waals surface area contributed by atoms with Gasteiger partial charge in [0.2, 0.25) is 0 Å². The van der Waals surface area contributed by atoms with Crippen LogP contribution in [0.15, 0.2) is 73.1 Å². The first-order valence-electron chi connectivity index (χ1n) is 10.6. The summed E-state index contributed by atoms with van der Waals surface area (Å²) in [6.07, 6.45) is 3.61. The normalized spacial score (nSPS) is 11.6. The largest absolute Gasteiger partial charge is 0.497 e. The molecule has 0 aliphatic heterocycles. The summed E-state index contributed by atoms with van der Waals surface area (Å²) in [4.78, 5) is 9.12. The minimum Gasteiger partial charge on any atom is -0.497 e. The van der Waals surface area contributed by atoms with Crippen LogP contribution >= 0.6 is 0 Å². The standard InChI is InChI=1S/C27H29N3O/c1-27(2,3)23-8-5-19(6-9-23)17-29-18-22-15-21-7-10-24(31-4)16-25(21)30-26(22)20-11-13-28-14-12-20/h5-16,29H,17-18H2,1-4H3. The molecule has 4 nitrogen and oxygen atoms in total. The molecule has 4 heteroatoms. The second kappa shape index (κ2) is 8.86. The number of hydrogen-bond acceptors (Lipinski definition) is 4. The van der Waals surface area contributed by atoms with Crippen molar-refractivity contribution in [2.75, 3.05) is 7.11 Å².